The largest absolute Gasteiger partial charge is 0.497 e. The van der Waals surface area contributed by atoms with Crippen LogP contribution in [-0.4, -0.2) is 52.9 Å². The summed E-state index contributed by atoms with van der Waals surface area (Å²) in [6.45, 7) is 3.23. The lowest BCUT2D eigenvalue weighted by Gasteiger charge is -2.28. The molecular weight excluding hydrogens is 460 g/mol. The molecule has 1 aliphatic rings. The van der Waals surface area contributed by atoms with Crippen LogP contribution in [0.5, 0.6) is 11.5 Å². The molecule has 3 rings (SSSR count). The lowest BCUT2D eigenvalue weighted by Crippen LogP contribution is -2.32. The molecule has 0 radical (unpaired) electrons. The maximum atomic E-state index is 13.4. The van der Waals surface area contributed by atoms with Gasteiger partial charge in [-0.05, 0) is 48.1 Å². The highest BCUT2D eigenvalue weighted by Gasteiger charge is 2.28. The van der Waals surface area contributed by atoms with Crippen molar-refractivity contribution in [1.29, 1.82) is 0 Å². The Hall–Kier alpha value is -2.87. The summed E-state index contributed by atoms with van der Waals surface area (Å²) >= 11 is 0. The molecule has 0 bridgehead atoms. The van der Waals surface area contributed by atoms with Gasteiger partial charge in [0.2, 0.25) is 0 Å². The van der Waals surface area contributed by atoms with Gasteiger partial charge in [-0.2, -0.15) is 0 Å². The monoisotopic (exact) mass is 498 g/mol. The van der Waals surface area contributed by atoms with E-state index in [-0.39, 0.29) is 24.9 Å². The topological polar surface area (TPSA) is 72.5 Å². The number of cyclic esters (lactones) is 1. The Bertz CT molecular complexity index is 970. The second-order valence-electron chi connectivity index (χ2n) is 8.95. The van der Waals surface area contributed by atoms with Gasteiger partial charge >= 0.3 is 5.97 Å². The van der Waals surface area contributed by atoms with Crippen molar-refractivity contribution in [2.75, 3.05) is 34.7 Å². The highest BCUT2D eigenvalue weighted by molar-refractivity contribution is 5.94. The van der Waals surface area contributed by atoms with E-state index in [1.165, 1.54) is 0 Å². The van der Waals surface area contributed by atoms with Gasteiger partial charge in [0.15, 0.2) is 0 Å². The molecule has 3 atom stereocenters. The first-order chi connectivity index (χ1) is 17.5. The van der Waals surface area contributed by atoms with Gasteiger partial charge < -0.3 is 28.4 Å². The maximum absolute atomic E-state index is 13.4. The molecule has 0 N–H and O–H groups in total. The SMILES string of the molecule is COCO[C@@H]1C[C@H](CCOCc2ccc(OC)cc2)OC(=O)c2c(cccc2OC)CC=CC[C@@H]1C. The predicted octanol–water partition coefficient (Wildman–Crippen LogP) is 5.35. The van der Waals surface area contributed by atoms with Crippen molar-refractivity contribution in [2.24, 2.45) is 5.92 Å². The van der Waals surface area contributed by atoms with Gasteiger partial charge in [-0.25, -0.2) is 4.79 Å². The van der Waals surface area contributed by atoms with E-state index >= 15 is 0 Å². The van der Waals surface area contributed by atoms with E-state index in [1.807, 2.05) is 36.4 Å². The van der Waals surface area contributed by atoms with Crippen molar-refractivity contribution in [3.05, 3.63) is 71.3 Å². The third-order valence-electron chi connectivity index (χ3n) is 6.36. The van der Waals surface area contributed by atoms with E-state index in [1.54, 1.807) is 27.4 Å². The Morgan fingerprint density at radius 3 is 2.53 bits per heavy atom. The van der Waals surface area contributed by atoms with Crippen molar-refractivity contribution in [3.8, 4) is 11.5 Å². The van der Waals surface area contributed by atoms with Gasteiger partial charge in [0.1, 0.15) is 30.0 Å². The summed E-state index contributed by atoms with van der Waals surface area (Å²) in [5.74, 6) is 1.15. The Labute approximate surface area is 214 Å². The Balaban J connectivity index is 1.75. The van der Waals surface area contributed by atoms with Gasteiger partial charge in [-0.3, -0.25) is 0 Å². The van der Waals surface area contributed by atoms with Crippen LogP contribution in [-0.2, 0) is 32.0 Å². The molecule has 2 aromatic rings. The molecule has 7 nitrogen and oxygen atoms in total. The minimum absolute atomic E-state index is 0.134. The molecule has 0 aliphatic carbocycles. The minimum atomic E-state index is -0.394. The molecular formula is C29H38O7. The van der Waals surface area contributed by atoms with Gasteiger partial charge in [0, 0.05) is 20.0 Å². The third-order valence-corrected chi connectivity index (χ3v) is 6.36. The van der Waals surface area contributed by atoms with Crippen LogP contribution in [0.3, 0.4) is 0 Å². The summed E-state index contributed by atoms with van der Waals surface area (Å²) in [4.78, 5) is 13.4. The van der Waals surface area contributed by atoms with Crippen molar-refractivity contribution in [1.82, 2.24) is 0 Å². The van der Waals surface area contributed by atoms with E-state index in [4.69, 9.17) is 28.4 Å². The minimum Gasteiger partial charge on any atom is -0.497 e. The van der Waals surface area contributed by atoms with Crippen LogP contribution in [0.2, 0.25) is 0 Å². The van der Waals surface area contributed by atoms with Gasteiger partial charge in [-0.1, -0.05) is 43.3 Å². The maximum Gasteiger partial charge on any atom is 0.342 e. The molecule has 0 saturated heterocycles. The van der Waals surface area contributed by atoms with Crippen molar-refractivity contribution in [3.63, 3.8) is 0 Å². The van der Waals surface area contributed by atoms with E-state index in [0.29, 0.717) is 43.8 Å². The smallest absolute Gasteiger partial charge is 0.342 e. The van der Waals surface area contributed by atoms with E-state index in [0.717, 1.165) is 23.3 Å². The van der Waals surface area contributed by atoms with Gasteiger partial charge in [-0.15, -0.1) is 0 Å². The summed E-state index contributed by atoms with van der Waals surface area (Å²) in [5, 5.41) is 0. The first-order valence-corrected chi connectivity index (χ1v) is 12.4. The number of hydrogen-bond acceptors (Lipinski definition) is 7. The second kappa shape index (κ2) is 14.6. The number of allylic oxidation sites excluding steroid dienone is 2. The molecule has 0 unspecified atom stereocenters. The number of fused-ring (bicyclic) bond motifs is 1. The standard InChI is InChI=1S/C29H38O7/c1-21-8-5-6-9-23-10-7-11-26(33-4)28(23)29(30)36-25(18-27(21)35-20-31-2)16-17-34-19-22-12-14-24(32-3)15-13-22/h5-7,10-15,21,25,27H,8-9,16-20H2,1-4H3/t21-,25-,27+/m0/s1. The first kappa shape index (κ1) is 27.7. The van der Waals surface area contributed by atoms with Crippen molar-refractivity contribution >= 4 is 5.97 Å². The van der Waals surface area contributed by atoms with Crippen LogP contribution in [0, 0.1) is 5.92 Å². The molecule has 196 valence electrons. The summed E-state index contributed by atoms with van der Waals surface area (Å²) < 4.78 is 33.9. The molecule has 36 heavy (non-hydrogen) atoms. The van der Waals surface area contributed by atoms with E-state index in [9.17, 15) is 4.79 Å². The summed E-state index contributed by atoms with van der Waals surface area (Å²) in [6, 6.07) is 13.4. The molecule has 1 heterocycles. The van der Waals surface area contributed by atoms with Crippen LogP contribution < -0.4 is 9.47 Å². The van der Waals surface area contributed by atoms with E-state index < -0.39 is 5.97 Å². The van der Waals surface area contributed by atoms with Crippen LogP contribution in [0.15, 0.2) is 54.6 Å². The number of ether oxygens (including phenoxy) is 6. The molecule has 0 saturated carbocycles. The van der Waals surface area contributed by atoms with Crippen LogP contribution >= 0.6 is 0 Å². The summed E-state index contributed by atoms with van der Waals surface area (Å²) in [7, 11) is 4.81. The molecule has 0 spiro atoms. The molecule has 0 amide bonds. The van der Waals surface area contributed by atoms with Crippen LogP contribution in [0.4, 0.5) is 0 Å². The lowest BCUT2D eigenvalue weighted by atomic mass is 9.93. The van der Waals surface area contributed by atoms with Gasteiger partial charge in [0.25, 0.3) is 0 Å². The molecule has 0 fully saturated rings. The zero-order chi connectivity index (χ0) is 25.8. The number of hydrogen-bond donors (Lipinski definition) is 0. The fraction of sp³-hybridized carbons (Fsp3) is 0.483. The Kier molecular flexibility index (Phi) is 11.3. The predicted molar refractivity (Wildman–Crippen MR) is 137 cm³/mol. The number of benzene rings is 2. The van der Waals surface area contributed by atoms with Crippen LogP contribution in [0.25, 0.3) is 0 Å². The van der Waals surface area contributed by atoms with Gasteiger partial charge in [0.05, 0.1) is 33.5 Å². The lowest BCUT2D eigenvalue weighted by molar-refractivity contribution is -0.104. The van der Waals surface area contributed by atoms with Crippen molar-refractivity contribution < 1.29 is 33.2 Å². The fourth-order valence-corrected chi connectivity index (χ4v) is 4.26. The quantitative estimate of drug-likeness (QED) is 0.189. The van der Waals surface area contributed by atoms with Crippen molar-refractivity contribution in [2.45, 2.75) is 51.4 Å². The third kappa shape index (κ3) is 8.08. The second-order valence-corrected chi connectivity index (χ2v) is 8.95. The summed E-state index contributed by atoms with van der Waals surface area (Å²) in [5.41, 5.74) is 2.40. The Morgan fingerprint density at radius 2 is 1.81 bits per heavy atom. The molecule has 1 aliphatic heterocycles. The number of methoxy groups -OCH3 is 3. The highest BCUT2D eigenvalue weighted by Crippen LogP contribution is 2.28. The fourth-order valence-electron chi connectivity index (χ4n) is 4.26. The normalized spacial score (nSPS) is 20.6. The van der Waals surface area contributed by atoms with E-state index in [2.05, 4.69) is 19.1 Å². The zero-order valence-corrected chi connectivity index (χ0v) is 21.7. The molecule has 7 heteroatoms. The average molecular weight is 499 g/mol. The number of carbonyl (C=O) groups is 1. The summed E-state index contributed by atoms with van der Waals surface area (Å²) in [6.07, 6.45) is 6.26. The molecule has 2 aromatic carbocycles. The Morgan fingerprint density at radius 1 is 1.00 bits per heavy atom. The highest BCUT2D eigenvalue weighted by atomic mass is 16.7. The number of esters is 1. The number of carbonyl (C=O) groups excluding carboxylic acids is 1. The first-order valence-electron chi connectivity index (χ1n) is 12.4. The average Bonchev–Trinajstić information content (AvgIpc) is 2.90. The van der Waals surface area contributed by atoms with Crippen LogP contribution in [0.1, 0.15) is 47.7 Å². The zero-order valence-electron chi connectivity index (χ0n) is 21.7. The number of rotatable bonds is 10. The molecule has 0 aromatic heterocycles.